The van der Waals surface area contributed by atoms with Gasteiger partial charge in [-0.1, -0.05) is 30.3 Å². The lowest BCUT2D eigenvalue weighted by molar-refractivity contribution is 0.0741. The number of anilines is 1. The summed E-state index contributed by atoms with van der Waals surface area (Å²) in [6.07, 6.45) is 0. The van der Waals surface area contributed by atoms with Gasteiger partial charge in [-0.15, -0.1) is 0 Å². The topological polar surface area (TPSA) is 39.3 Å². The number of carbonyl (C=O) groups is 1. The molecule has 3 aromatic rings. The van der Waals surface area contributed by atoms with E-state index in [4.69, 9.17) is 0 Å². The van der Waals surface area contributed by atoms with Gasteiger partial charge in [-0.2, -0.15) is 0 Å². The Morgan fingerprint density at radius 3 is 2.38 bits per heavy atom. The lowest BCUT2D eigenvalue weighted by atomic mass is 10.1. The van der Waals surface area contributed by atoms with E-state index in [1.807, 2.05) is 69.4 Å². The number of aromatic nitrogens is 1. The van der Waals surface area contributed by atoms with Crippen molar-refractivity contribution in [3.8, 4) is 0 Å². The molecule has 1 unspecified atom stereocenters. The summed E-state index contributed by atoms with van der Waals surface area (Å²) in [4.78, 5) is 20.2. The Balaban J connectivity index is 1.90. The van der Waals surface area contributed by atoms with E-state index in [2.05, 4.69) is 23.2 Å². The van der Waals surface area contributed by atoms with Crippen LogP contribution in [0.15, 0.2) is 54.6 Å². The van der Waals surface area contributed by atoms with E-state index in [1.54, 1.807) is 4.90 Å². The molecule has 0 radical (unpaired) electrons. The molecule has 0 aliphatic heterocycles. The number of fused-ring (bicyclic) bond motifs is 1. The van der Waals surface area contributed by atoms with Gasteiger partial charge in [0, 0.05) is 38.0 Å². The number of hydrogen-bond acceptors (Lipinski definition) is 2. The highest BCUT2D eigenvalue weighted by Crippen LogP contribution is 2.26. The molecule has 124 valence electrons. The van der Waals surface area contributed by atoms with E-state index in [0.29, 0.717) is 5.56 Å². The van der Waals surface area contributed by atoms with Crippen molar-refractivity contribution in [1.82, 2.24) is 9.88 Å². The molecule has 1 aromatic heterocycles. The number of nitrogens with zero attached hydrogens (tertiary/aromatic N) is 2. The summed E-state index contributed by atoms with van der Waals surface area (Å²) in [7, 11) is 5.76. The Kier molecular flexibility index (Phi) is 4.30. The Morgan fingerprint density at radius 1 is 1.00 bits per heavy atom. The molecule has 4 nitrogen and oxygen atoms in total. The second-order valence-electron chi connectivity index (χ2n) is 6.32. The van der Waals surface area contributed by atoms with Crippen LogP contribution in [0.4, 0.5) is 5.69 Å². The van der Waals surface area contributed by atoms with Gasteiger partial charge in [-0.05, 0) is 36.6 Å². The number of carbonyl (C=O) groups excluding carboxylic acids is 1. The van der Waals surface area contributed by atoms with E-state index >= 15 is 0 Å². The van der Waals surface area contributed by atoms with Crippen molar-refractivity contribution in [2.45, 2.75) is 13.0 Å². The minimum Gasteiger partial charge on any atom is -0.377 e. The maximum atomic E-state index is 13.0. The maximum absolute atomic E-state index is 13.0. The molecule has 0 aliphatic carbocycles. The standard InChI is InChI=1S/C20H23N3O/c1-14(18-13-15-9-5-7-11-17(15)21-18)23(4)20(24)16-10-6-8-12-19(16)22(2)3/h5-14,21H,1-4H3. The molecule has 4 heteroatoms. The Morgan fingerprint density at radius 2 is 1.67 bits per heavy atom. The van der Waals surface area contributed by atoms with Crippen molar-refractivity contribution in [3.63, 3.8) is 0 Å². The summed E-state index contributed by atoms with van der Waals surface area (Å²) in [5, 5.41) is 1.16. The number of amides is 1. The maximum Gasteiger partial charge on any atom is 0.256 e. The summed E-state index contributed by atoms with van der Waals surface area (Å²) in [5.74, 6) is 0.0189. The summed E-state index contributed by atoms with van der Waals surface area (Å²) >= 11 is 0. The van der Waals surface area contributed by atoms with Crippen LogP contribution in [-0.4, -0.2) is 36.9 Å². The zero-order chi connectivity index (χ0) is 17.3. The number of para-hydroxylation sites is 2. The summed E-state index contributed by atoms with van der Waals surface area (Å²) in [6, 6.07) is 17.9. The first-order chi connectivity index (χ1) is 11.5. The highest BCUT2D eigenvalue weighted by atomic mass is 16.2. The third-order valence-corrected chi connectivity index (χ3v) is 4.52. The van der Waals surface area contributed by atoms with E-state index in [-0.39, 0.29) is 11.9 Å². The molecular weight excluding hydrogens is 298 g/mol. The third kappa shape index (κ3) is 2.87. The smallest absolute Gasteiger partial charge is 0.256 e. The molecule has 3 rings (SSSR count). The normalized spacial score (nSPS) is 12.2. The largest absolute Gasteiger partial charge is 0.377 e. The molecule has 0 fully saturated rings. The van der Waals surface area contributed by atoms with Crippen LogP contribution in [0.2, 0.25) is 0 Å². The van der Waals surface area contributed by atoms with Crippen molar-refractivity contribution in [2.24, 2.45) is 0 Å². The van der Waals surface area contributed by atoms with Crippen LogP contribution in [0, 0.1) is 0 Å². The Hall–Kier alpha value is -2.75. The highest BCUT2D eigenvalue weighted by Gasteiger charge is 2.22. The van der Waals surface area contributed by atoms with Crippen molar-refractivity contribution < 1.29 is 4.79 Å². The second-order valence-corrected chi connectivity index (χ2v) is 6.32. The molecule has 1 amide bonds. The third-order valence-electron chi connectivity index (χ3n) is 4.52. The molecule has 1 atom stereocenters. The monoisotopic (exact) mass is 321 g/mol. The fraction of sp³-hybridized carbons (Fsp3) is 0.250. The SMILES string of the molecule is CC(c1cc2ccccc2[nH]1)N(C)C(=O)c1ccccc1N(C)C. The average molecular weight is 321 g/mol. The quantitative estimate of drug-likeness (QED) is 0.787. The predicted molar refractivity (Wildman–Crippen MR) is 99.6 cm³/mol. The van der Waals surface area contributed by atoms with Gasteiger partial charge in [0.15, 0.2) is 0 Å². The first-order valence-corrected chi connectivity index (χ1v) is 8.10. The first-order valence-electron chi connectivity index (χ1n) is 8.10. The van der Waals surface area contributed by atoms with Crippen LogP contribution in [-0.2, 0) is 0 Å². The molecule has 0 bridgehead atoms. The minimum absolute atomic E-state index is 0.0189. The van der Waals surface area contributed by atoms with Gasteiger partial charge in [0.2, 0.25) is 0 Å². The van der Waals surface area contributed by atoms with E-state index in [1.165, 1.54) is 0 Å². The highest BCUT2D eigenvalue weighted by molar-refractivity contribution is 5.99. The number of aromatic amines is 1. The Bertz CT molecular complexity index is 833. The lowest BCUT2D eigenvalue weighted by Crippen LogP contribution is -2.31. The molecule has 1 N–H and O–H groups in total. The molecule has 0 spiro atoms. The minimum atomic E-state index is -0.0416. The van der Waals surface area contributed by atoms with Gasteiger partial charge >= 0.3 is 0 Å². The zero-order valence-corrected chi connectivity index (χ0v) is 14.6. The fourth-order valence-electron chi connectivity index (χ4n) is 2.94. The second kappa shape index (κ2) is 6.40. The lowest BCUT2D eigenvalue weighted by Gasteiger charge is -2.26. The molecule has 0 saturated heterocycles. The van der Waals surface area contributed by atoms with Gasteiger partial charge in [0.25, 0.3) is 5.91 Å². The predicted octanol–water partition coefficient (Wildman–Crippen LogP) is 4.07. The van der Waals surface area contributed by atoms with Crippen molar-refractivity contribution in [3.05, 3.63) is 65.9 Å². The van der Waals surface area contributed by atoms with Crippen LogP contribution in [0.5, 0.6) is 0 Å². The van der Waals surface area contributed by atoms with Gasteiger partial charge < -0.3 is 14.8 Å². The molecular formula is C20H23N3O. The van der Waals surface area contributed by atoms with E-state index in [9.17, 15) is 4.79 Å². The first kappa shape index (κ1) is 16.1. The van der Waals surface area contributed by atoms with Crippen LogP contribution >= 0.6 is 0 Å². The summed E-state index contributed by atoms with van der Waals surface area (Å²) < 4.78 is 0. The number of nitrogens with one attached hydrogen (secondary N) is 1. The van der Waals surface area contributed by atoms with E-state index < -0.39 is 0 Å². The van der Waals surface area contributed by atoms with Crippen LogP contribution in [0.1, 0.15) is 29.0 Å². The average Bonchev–Trinajstić information content (AvgIpc) is 3.03. The van der Waals surface area contributed by atoms with Crippen LogP contribution in [0.25, 0.3) is 10.9 Å². The van der Waals surface area contributed by atoms with E-state index in [0.717, 1.165) is 22.3 Å². The van der Waals surface area contributed by atoms with Gasteiger partial charge in [-0.3, -0.25) is 4.79 Å². The van der Waals surface area contributed by atoms with Gasteiger partial charge in [0.05, 0.1) is 11.6 Å². The van der Waals surface area contributed by atoms with Crippen molar-refractivity contribution in [1.29, 1.82) is 0 Å². The number of hydrogen-bond donors (Lipinski definition) is 1. The van der Waals surface area contributed by atoms with Gasteiger partial charge in [0.1, 0.15) is 0 Å². The van der Waals surface area contributed by atoms with Crippen LogP contribution in [0.3, 0.4) is 0 Å². The van der Waals surface area contributed by atoms with Crippen LogP contribution < -0.4 is 4.90 Å². The van der Waals surface area contributed by atoms with Crippen molar-refractivity contribution in [2.75, 3.05) is 26.0 Å². The summed E-state index contributed by atoms with van der Waals surface area (Å²) in [6.45, 7) is 2.04. The number of benzene rings is 2. The zero-order valence-electron chi connectivity index (χ0n) is 14.6. The van der Waals surface area contributed by atoms with Gasteiger partial charge in [-0.25, -0.2) is 0 Å². The number of H-pyrrole nitrogens is 1. The molecule has 0 saturated carbocycles. The molecule has 1 heterocycles. The summed E-state index contributed by atoms with van der Waals surface area (Å²) in [5.41, 5.74) is 3.77. The number of rotatable bonds is 4. The molecule has 0 aliphatic rings. The Labute approximate surface area is 142 Å². The molecule has 2 aromatic carbocycles. The van der Waals surface area contributed by atoms with Crippen molar-refractivity contribution >= 4 is 22.5 Å². The molecule has 24 heavy (non-hydrogen) atoms. The fourth-order valence-corrected chi connectivity index (χ4v) is 2.94.